The molecule has 182 valence electrons. The first-order valence-corrected chi connectivity index (χ1v) is 12.4. The van der Waals surface area contributed by atoms with Crippen LogP contribution in [0, 0.1) is 11.8 Å². The second-order valence-electron chi connectivity index (χ2n) is 8.64. The van der Waals surface area contributed by atoms with E-state index in [1.807, 2.05) is 0 Å². The number of hydrogen-bond acceptors (Lipinski definition) is 4. The first-order valence-electron chi connectivity index (χ1n) is 11.2. The molecule has 0 spiro atoms. The maximum Gasteiger partial charge on any atom is 0.326 e. The maximum atomic E-state index is 12.2. The molecule has 0 aliphatic rings. The van der Waals surface area contributed by atoms with Crippen molar-refractivity contribution in [3.05, 3.63) is 34.9 Å². The summed E-state index contributed by atoms with van der Waals surface area (Å²) in [5.74, 6) is -3.01. The summed E-state index contributed by atoms with van der Waals surface area (Å²) in [6.07, 6.45) is 11.2. The van der Waals surface area contributed by atoms with E-state index in [0.717, 1.165) is 31.4 Å². The van der Waals surface area contributed by atoms with E-state index in [4.69, 9.17) is 5.11 Å². The SMILES string of the molecule is CC(C)=CCC/C(C)=C/CC/C(C)=C/CSCC[C@H](NC(=O)C(C)C(C)C(=O)O)C(=O)O. The monoisotopic (exact) mass is 467 g/mol. The Hall–Kier alpha value is -2.02. The third kappa shape index (κ3) is 14.1. The average molecular weight is 468 g/mol. The summed E-state index contributed by atoms with van der Waals surface area (Å²) in [6.45, 7) is 11.5. The molecular formula is C25H41NO5S. The molecule has 0 aromatic rings. The quantitative estimate of drug-likeness (QED) is 0.206. The van der Waals surface area contributed by atoms with Crippen LogP contribution in [0.25, 0.3) is 0 Å². The molecule has 7 heteroatoms. The fourth-order valence-corrected chi connectivity index (χ4v) is 3.80. The summed E-state index contributed by atoms with van der Waals surface area (Å²) in [7, 11) is 0. The number of carbonyl (C=O) groups excluding carboxylic acids is 1. The maximum absolute atomic E-state index is 12.2. The standard InChI is InChI=1S/C25H41NO5S/c1-17(2)9-7-10-18(3)11-8-12-19(4)13-15-32-16-14-22(25(30)31)26-23(27)20(5)21(6)24(28)29/h9,11,13,20-22H,7-8,10,12,14-16H2,1-6H3,(H,26,27)(H,28,29)(H,30,31)/b18-11+,19-13+/t20?,21?,22-/m0/s1. The van der Waals surface area contributed by atoms with Crippen molar-refractivity contribution in [2.24, 2.45) is 11.8 Å². The Morgan fingerprint density at radius 2 is 1.41 bits per heavy atom. The number of allylic oxidation sites excluding steroid dienone is 5. The highest BCUT2D eigenvalue weighted by molar-refractivity contribution is 7.99. The van der Waals surface area contributed by atoms with Crippen LogP contribution in [0.5, 0.6) is 0 Å². The van der Waals surface area contributed by atoms with Crippen LogP contribution < -0.4 is 5.32 Å². The second kappa shape index (κ2) is 16.6. The molecule has 0 rings (SSSR count). The van der Waals surface area contributed by atoms with E-state index in [9.17, 15) is 19.5 Å². The van der Waals surface area contributed by atoms with Crippen molar-refractivity contribution in [3.8, 4) is 0 Å². The highest BCUT2D eigenvalue weighted by Gasteiger charge is 2.29. The Labute approximate surface area is 197 Å². The Morgan fingerprint density at radius 3 is 1.94 bits per heavy atom. The van der Waals surface area contributed by atoms with E-state index in [2.05, 4.69) is 51.2 Å². The summed E-state index contributed by atoms with van der Waals surface area (Å²) in [5, 5.41) is 20.8. The summed E-state index contributed by atoms with van der Waals surface area (Å²) < 4.78 is 0. The zero-order chi connectivity index (χ0) is 24.7. The Morgan fingerprint density at radius 1 is 0.844 bits per heavy atom. The van der Waals surface area contributed by atoms with Crippen LogP contribution in [0.2, 0.25) is 0 Å². The van der Waals surface area contributed by atoms with Gasteiger partial charge in [0.2, 0.25) is 5.91 Å². The molecule has 32 heavy (non-hydrogen) atoms. The number of amides is 1. The van der Waals surface area contributed by atoms with Gasteiger partial charge in [0, 0.05) is 11.7 Å². The molecule has 0 fully saturated rings. The van der Waals surface area contributed by atoms with Crippen molar-refractivity contribution < 1.29 is 24.6 Å². The van der Waals surface area contributed by atoms with Gasteiger partial charge >= 0.3 is 11.9 Å². The number of nitrogens with one attached hydrogen (secondary N) is 1. The Balaban J connectivity index is 4.31. The van der Waals surface area contributed by atoms with Gasteiger partial charge in [-0.3, -0.25) is 9.59 Å². The van der Waals surface area contributed by atoms with Crippen molar-refractivity contribution >= 4 is 29.6 Å². The van der Waals surface area contributed by atoms with Gasteiger partial charge in [0.25, 0.3) is 0 Å². The first kappa shape index (κ1) is 30.0. The van der Waals surface area contributed by atoms with Crippen LogP contribution >= 0.6 is 11.8 Å². The number of carboxylic acid groups (broad SMARTS) is 2. The van der Waals surface area contributed by atoms with Gasteiger partial charge in [0.15, 0.2) is 0 Å². The number of rotatable bonds is 16. The minimum Gasteiger partial charge on any atom is -0.481 e. The van der Waals surface area contributed by atoms with E-state index in [-0.39, 0.29) is 0 Å². The van der Waals surface area contributed by atoms with Crippen LogP contribution in [-0.2, 0) is 14.4 Å². The largest absolute Gasteiger partial charge is 0.481 e. The number of aliphatic carboxylic acids is 2. The van der Waals surface area contributed by atoms with E-state index >= 15 is 0 Å². The molecule has 0 aromatic carbocycles. The summed E-state index contributed by atoms with van der Waals surface area (Å²) in [6, 6.07) is -1.01. The molecule has 0 bridgehead atoms. The predicted molar refractivity (Wildman–Crippen MR) is 133 cm³/mol. The fourth-order valence-electron chi connectivity index (χ4n) is 2.83. The van der Waals surface area contributed by atoms with Gasteiger partial charge in [-0.05, 0) is 65.6 Å². The lowest BCUT2D eigenvalue weighted by atomic mass is 9.95. The van der Waals surface area contributed by atoms with Crippen molar-refractivity contribution in [1.29, 1.82) is 0 Å². The highest BCUT2D eigenvalue weighted by Crippen LogP contribution is 2.15. The van der Waals surface area contributed by atoms with Gasteiger partial charge in [-0.25, -0.2) is 4.79 Å². The summed E-state index contributed by atoms with van der Waals surface area (Å²) >= 11 is 1.62. The van der Waals surface area contributed by atoms with E-state index in [0.29, 0.717) is 12.2 Å². The topological polar surface area (TPSA) is 104 Å². The lowest BCUT2D eigenvalue weighted by Gasteiger charge is -2.19. The molecule has 0 radical (unpaired) electrons. The zero-order valence-electron chi connectivity index (χ0n) is 20.4. The molecule has 0 aliphatic carbocycles. The van der Waals surface area contributed by atoms with Gasteiger partial charge in [-0.2, -0.15) is 11.8 Å². The normalized spacial score (nSPS) is 14.9. The van der Waals surface area contributed by atoms with Crippen LogP contribution in [0.15, 0.2) is 34.9 Å². The molecule has 3 atom stereocenters. The van der Waals surface area contributed by atoms with E-state index in [1.54, 1.807) is 11.8 Å². The third-order valence-electron chi connectivity index (χ3n) is 5.39. The lowest BCUT2D eigenvalue weighted by Crippen LogP contribution is -2.45. The van der Waals surface area contributed by atoms with E-state index < -0.39 is 35.7 Å². The van der Waals surface area contributed by atoms with E-state index in [1.165, 1.54) is 30.6 Å². The lowest BCUT2D eigenvalue weighted by molar-refractivity contribution is -0.147. The van der Waals surface area contributed by atoms with Gasteiger partial charge < -0.3 is 15.5 Å². The van der Waals surface area contributed by atoms with Crippen molar-refractivity contribution in [3.63, 3.8) is 0 Å². The Kier molecular flexibility index (Phi) is 15.5. The number of hydrogen-bond donors (Lipinski definition) is 3. The van der Waals surface area contributed by atoms with Crippen LogP contribution in [0.4, 0.5) is 0 Å². The smallest absolute Gasteiger partial charge is 0.326 e. The predicted octanol–water partition coefficient (Wildman–Crippen LogP) is 5.46. The highest BCUT2D eigenvalue weighted by atomic mass is 32.2. The summed E-state index contributed by atoms with van der Waals surface area (Å²) in [5.41, 5.74) is 4.08. The molecule has 6 nitrogen and oxygen atoms in total. The van der Waals surface area contributed by atoms with Gasteiger partial charge in [-0.15, -0.1) is 0 Å². The molecular weight excluding hydrogens is 426 g/mol. The fraction of sp³-hybridized carbons (Fsp3) is 0.640. The molecule has 0 aromatic heterocycles. The average Bonchev–Trinajstić information content (AvgIpc) is 2.70. The molecule has 0 saturated heterocycles. The zero-order valence-corrected chi connectivity index (χ0v) is 21.3. The Bertz CT molecular complexity index is 707. The first-order chi connectivity index (χ1) is 15.0. The molecule has 0 aliphatic heterocycles. The summed E-state index contributed by atoms with van der Waals surface area (Å²) in [4.78, 5) is 34.6. The van der Waals surface area contributed by atoms with Crippen LogP contribution in [0.1, 0.15) is 73.6 Å². The number of carboxylic acids is 2. The van der Waals surface area contributed by atoms with Gasteiger partial charge in [-0.1, -0.05) is 48.8 Å². The number of carbonyl (C=O) groups is 3. The minimum atomic E-state index is -1.10. The van der Waals surface area contributed by atoms with Crippen molar-refractivity contribution in [2.45, 2.75) is 79.7 Å². The van der Waals surface area contributed by atoms with Crippen LogP contribution in [0.3, 0.4) is 0 Å². The van der Waals surface area contributed by atoms with Gasteiger partial charge in [0.1, 0.15) is 6.04 Å². The molecule has 1 amide bonds. The molecule has 2 unspecified atom stereocenters. The van der Waals surface area contributed by atoms with Crippen molar-refractivity contribution in [1.82, 2.24) is 5.32 Å². The second-order valence-corrected chi connectivity index (χ2v) is 9.79. The minimum absolute atomic E-state index is 0.292. The molecule has 0 heterocycles. The van der Waals surface area contributed by atoms with Crippen LogP contribution in [-0.4, -0.2) is 45.6 Å². The molecule has 3 N–H and O–H groups in total. The van der Waals surface area contributed by atoms with Gasteiger partial charge in [0.05, 0.1) is 5.92 Å². The third-order valence-corrected chi connectivity index (χ3v) is 6.32. The van der Waals surface area contributed by atoms with Crippen molar-refractivity contribution in [2.75, 3.05) is 11.5 Å². The molecule has 0 saturated carbocycles. The number of thioether (sulfide) groups is 1.